The highest BCUT2D eigenvalue weighted by atomic mass is 16.5. The topological polar surface area (TPSA) is 55.4 Å². The second-order valence-corrected chi connectivity index (χ2v) is 5.89. The molecule has 1 amide bonds. The van der Waals surface area contributed by atoms with E-state index in [4.69, 9.17) is 4.74 Å². The van der Waals surface area contributed by atoms with E-state index in [-0.39, 0.29) is 23.9 Å². The van der Waals surface area contributed by atoms with Gasteiger partial charge in [-0.1, -0.05) is 37.3 Å². The highest BCUT2D eigenvalue weighted by molar-refractivity contribution is 5.96. The summed E-state index contributed by atoms with van der Waals surface area (Å²) in [6, 6.07) is 16.5. The van der Waals surface area contributed by atoms with Crippen LogP contribution in [0, 0.1) is 0 Å². The number of nitrogens with one attached hydrogen (secondary N) is 1. The van der Waals surface area contributed by atoms with E-state index in [0.717, 1.165) is 5.56 Å². The van der Waals surface area contributed by atoms with Crippen LogP contribution in [0.15, 0.2) is 54.6 Å². The van der Waals surface area contributed by atoms with Crippen molar-refractivity contribution in [3.63, 3.8) is 0 Å². The zero-order valence-electron chi connectivity index (χ0n) is 14.3. The summed E-state index contributed by atoms with van der Waals surface area (Å²) in [5.74, 6) is -0.614. The van der Waals surface area contributed by atoms with Crippen molar-refractivity contribution < 1.29 is 14.3 Å². The van der Waals surface area contributed by atoms with E-state index < -0.39 is 0 Å². The Morgan fingerprint density at radius 1 is 1.00 bits per heavy atom. The number of ether oxygens (including phenoxy) is 1. The molecule has 2 rings (SSSR count). The highest BCUT2D eigenvalue weighted by Gasteiger charge is 2.18. The van der Waals surface area contributed by atoms with Gasteiger partial charge in [0.05, 0.1) is 17.6 Å². The minimum atomic E-state index is -0.362. The third kappa shape index (κ3) is 4.69. The maximum atomic E-state index is 12.5. The summed E-state index contributed by atoms with van der Waals surface area (Å²) in [6.07, 6.45) is 0.558. The van der Waals surface area contributed by atoms with Gasteiger partial charge in [-0.2, -0.15) is 0 Å². The smallest absolute Gasteiger partial charge is 0.338 e. The third-order valence-electron chi connectivity index (χ3n) is 3.66. The van der Waals surface area contributed by atoms with Crippen LogP contribution in [0.25, 0.3) is 0 Å². The van der Waals surface area contributed by atoms with E-state index in [9.17, 15) is 9.59 Å². The normalized spacial score (nSPS) is 11.8. The SMILES string of the molecule is CCC(C(=O)Nc1ccc(C(=O)OC(C)C)cc1)c1ccccc1. The zero-order chi connectivity index (χ0) is 17.5. The first-order valence-corrected chi connectivity index (χ1v) is 8.18. The molecule has 0 aliphatic carbocycles. The Labute approximate surface area is 142 Å². The van der Waals surface area contributed by atoms with Crippen LogP contribution in [0.4, 0.5) is 5.69 Å². The van der Waals surface area contributed by atoms with Gasteiger partial charge in [-0.15, -0.1) is 0 Å². The Morgan fingerprint density at radius 2 is 1.62 bits per heavy atom. The number of esters is 1. The summed E-state index contributed by atoms with van der Waals surface area (Å²) in [6.45, 7) is 5.60. The standard InChI is InChI=1S/C20H23NO3/c1-4-18(15-8-6-5-7-9-15)19(22)21-17-12-10-16(11-13-17)20(23)24-14(2)3/h5-14,18H,4H2,1-3H3,(H,21,22). The van der Waals surface area contributed by atoms with Crippen molar-refractivity contribution in [2.24, 2.45) is 0 Å². The van der Waals surface area contributed by atoms with E-state index in [1.807, 2.05) is 37.3 Å². The molecule has 2 aromatic carbocycles. The Hall–Kier alpha value is -2.62. The van der Waals surface area contributed by atoms with Gasteiger partial charge in [0.1, 0.15) is 0 Å². The first kappa shape index (κ1) is 17.7. The second-order valence-electron chi connectivity index (χ2n) is 5.89. The van der Waals surface area contributed by atoms with Crippen LogP contribution >= 0.6 is 0 Å². The molecule has 24 heavy (non-hydrogen) atoms. The van der Waals surface area contributed by atoms with Gasteiger partial charge in [0.25, 0.3) is 0 Å². The molecule has 0 fully saturated rings. The quantitative estimate of drug-likeness (QED) is 0.802. The summed E-state index contributed by atoms with van der Waals surface area (Å²) in [5.41, 5.74) is 2.13. The number of amides is 1. The van der Waals surface area contributed by atoms with Gasteiger partial charge >= 0.3 is 5.97 Å². The molecule has 1 N–H and O–H groups in total. The first-order chi connectivity index (χ1) is 11.5. The lowest BCUT2D eigenvalue weighted by Crippen LogP contribution is -2.20. The molecule has 4 heteroatoms. The molecule has 2 aromatic rings. The van der Waals surface area contributed by atoms with Crippen molar-refractivity contribution in [2.75, 3.05) is 5.32 Å². The minimum Gasteiger partial charge on any atom is -0.459 e. The Balaban J connectivity index is 2.05. The summed E-state index contributed by atoms with van der Waals surface area (Å²) in [4.78, 5) is 24.3. The van der Waals surface area contributed by atoms with E-state index in [2.05, 4.69) is 5.32 Å². The van der Waals surface area contributed by atoms with Crippen molar-refractivity contribution in [2.45, 2.75) is 39.2 Å². The van der Waals surface area contributed by atoms with Crippen LogP contribution in [0.3, 0.4) is 0 Å². The lowest BCUT2D eigenvalue weighted by molar-refractivity contribution is -0.117. The van der Waals surface area contributed by atoms with Gasteiger partial charge in [0.15, 0.2) is 0 Å². The second kappa shape index (κ2) is 8.29. The minimum absolute atomic E-state index is 0.0544. The Morgan fingerprint density at radius 3 is 2.17 bits per heavy atom. The predicted octanol–water partition coefficient (Wildman–Crippen LogP) is 4.38. The molecule has 0 aliphatic heterocycles. The Bertz CT molecular complexity index is 678. The molecule has 1 unspecified atom stereocenters. The first-order valence-electron chi connectivity index (χ1n) is 8.18. The van der Waals surface area contributed by atoms with Crippen LogP contribution in [0.2, 0.25) is 0 Å². The fraction of sp³-hybridized carbons (Fsp3) is 0.300. The monoisotopic (exact) mass is 325 g/mol. The zero-order valence-corrected chi connectivity index (χ0v) is 14.3. The van der Waals surface area contributed by atoms with Crippen LogP contribution in [-0.2, 0) is 9.53 Å². The van der Waals surface area contributed by atoms with E-state index in [0.29, 0.717) is 17.7 Å². The van der Waals surface area contributed by atoms with Crippen LogP contribution in [0.5, 0.6) is 0 Å². The van der Waals surface area contributed by atoms with Crippen LogP contribution in [0.1, 0.15) is 49.0 Å². The number of benzene rings is 2. The third-order valence-corrected chi connectivity index (χ3v) is 3.66. The van der Waals surface area contributed by atoms with Crippen molar-refractivity contribution in [3.8, 4) is 0 Å². The maximum absolute atomic E-state index is 12.5. The van der Waals surface area contributed by atoms with Gasteiger partial charge < -0.3 is 10.1 Å². The van der Waals surface area contributed by atoms with E-state index in [1.165, 1.54) is 0 Å². The Kier molecular flexibility index (Phi) is 6.13. The number of carbonyl (C=O) groups excluding carboxylic acids is 2. The highest BCUT2D eigenvalue weighted by Crippen LogP contribution is 2.21. The van der Waals surface area contributed by atoms with Gasteiger partial charge in [0, 0.05) is 5.69 Å². The van der Waals surface area contributed by atoms with Gasteiger partial charge in [0.2, 0.25) is 5.91 Å². The molecular weight excluding hydrogens is 302 g/mol. The number of anilines is 1. The molecule has 0 aromatic heterocycles. The summed E-state index contributed by atoms with van der Waals surface area (Å²) in [7, 11) is 0. The molecule has 126 valence electrons. The molecule has 4 nitrogen and oxygen atoms in total. The number of rotatable bonds is 6. The lowest BCUT2D eigenvalue weighted by Gasteiger charge is -2.15. The van der Waals surface area contributed by atoms with Crippen molar-refractivity contribution in [3.05, 3.63) is 65.7 Å². The van der Waals surface area contributed by atoms with Crippen molar-refractivity contribution >= 4 is 17.6 Å². The average Bonchev–Trinajstić information content (AvgIpc) is 2.56. The molecule has 0 bridgehead atoms. The molecule has 1 atom stereocenters. The fourth-order valence-corrected chi connectivity index (χ4v) is 2.46. The van der Waals surface area contributed by atoms with E-state index >= 15 is 0 Å². The van der Waals surface area contributed by atoms with Crippen LogP contribution in [-0.4, -0.2) is 18.0 Å². The summed E-state index contributed by atoms with van der Waals surface area (Å²) >= 11 is 0. The molecule has 0 saturated heterocycles. The van der Waals surface area contributed by atoms with Crippen molar-refractivity contribution in [1.29, 1.82) is 0 Å². The molecule has 0 heterocycles. The largest absolute Gasteiger partial charge is 0.459 e. The molecule has 0 spiro atoms. The predicted molar refractivity (Wildman–Crippen MR) is 95.1 cm³/mol. The van der Waals surface area contributed by atoms with Crippen molar-refractivity contribution in [1.82, 2.24) is 0 Å². The maximum Gasteiger partial charge on any atom is 0.338 e. The van der Waals surface area contributed by atoms with Crippen LogP contribution < -0.4 is 5.32 Å². The number of hydrogen-bond acceptors (Lipinski definition) is 3. The number of carbonyl (C=O) groups is 2. The molecular formula is C20H23NO3. The summed E-state index contributed by atoms with van der Waals surface area (Å²) < 4.78 is 5.14. The van der Waals surface area contributed by atoms with Gasteiger partial charge in [-0.3, -0.25) is 4.79 Å². The fourth-order valence-electron chi connectivity index (χ4n) is 2.46. The molecule has 0 radical (unpaired) electrons. The average molecular weight is 325 g/mol. The number of hydrogen-bond donors (Lipinski definition) is 1. The van der Waals surface area contributed by atoms with Gasteiger partial charge in [-0.05, 0) is 50.1 Å². The lowest BCUT2D eigenvalue weighted by atomic mass is 9.95. The molecule has 0 aliphatic rings. The summed E-state index contributed by atoms with van der Waals surface area (Å²) in [5, 5.41) is 2.91. The van der Waals surface area contributed by atoms with E-state index in [1.54, 1.807) is 38.1 Å². The van der Waals surface area contributed by atoms with Gasteiger partial charge in [-0.25, -0.2) is 4.79 Å². The molecule has 0 saturated carbocycles.